The van der Waals surface area contributed by atoms with Crippen molar-refractivity contribution in [1.29, 1.82) is 0 Å². The third-order valence-electron chi connectivity index (χ3n) is 31.3. The fourth-order valence-corrected chi connectivity index (χ4v) is 23.4. The first-order valence-electron chi connectivity index (χ1n) is 47.5. The molecule has 4 atom stereocenters. The summed E-state index contributed by atoms with van der Waals surface area (Å²) >= 11 is 0. The molecule has 8 fully saturated rings. The number of anilines is 4. The third-order valence-corrected chi connectivity index (χ3v) is 31.3. The first kappa shape index (κ1) is 88.1. The smallest absolute Gasteiger partial charge is 0.239 e. The summed E-state index contributed by atoms with van der Waals surface area (Å²) in [6, 6.07) is 54.4. The third kappa shape index (κ3) is 15.9. The summed E-state index contributed by atoms with van der Waals surface area (Å²) in [5.41, 5.74) is 14.1. The van der Waals surface area contributed by atoms with Gasteiger partial charge in [-0.2, -0.15) is 20.4 Å². The standard InChI is InChI=1S/C28H32FN5O.C27H27FN4O2.C27H29FN4O.C25H25FN4O2/c1-31-12-9-23(10-13-31)33-14-11-28(19-33)24-5-3-4-6-26(24)34(27(28)35)18-21-8-7-20(15-25(21)29)22-16-30-32(2)17-22;1-30-15-21(14-29-30)19-9-10-20(23(28)13-19)16-32-24-8-3-2-7-22(24)27(26(32)34)11-12-31(17-27)25(33)18-5-4-6-18;1-30-16-21(15-29-30)19-10-11-20(24(28)14-19)17-32-25-9-5-4-8-23(25)27(26(32)33)12-13-31(18-27)22-6-2-3-7-22;1-28-12-19(11-27-28)17-6-7-18(22(26)10-17)13-30-23-5-3-2-4-21(23)25(24(30)31)8-9-29(16-25)20-14-32-15-20/h3-8,15-17,23H,9-14,18-19H2,1-2H3;2-3,7-10,13-15,18H,4-6,11-12,16-17H2,1H3;4-5,8-11,14-16,22H,2-3,6-7,12-13,17-18H2,1H3;2-7,10-12,20H,8-9,13-16H2,1H3. The second kappa shape index (κ2) is 35.7. The molecule has 8 aromatic carbocycles. The van der Waals surface area contributed by atoms with Crippen molar-refractivity contribution in [2.24, 2.45) is 34.1 Å². The van der Waals surface area contributed by atoms with Crippen LogP contribution in [0.3, 0.4) is 0 Å². The van der Waals surface area contributed by atoms with Crippen LogP contribution in [-0.4, -0.2) is 197 Å². The van der Waals surface area contributed by atoms with Gasteiger partial charge in [0.15, 0.2) is 0 Å². The van der Waals surface area contributed by atoms with Gasteiger partial charge in [0.2, 0.25) is 29.5 Å². The monoisotopic (exact) mass is 1810 g/mol. The van der Waals surface area contributed by atoms with Gasteiger partial charge in [0.1, 0.15) is 23.3 Å². The molecule has 23 nitrogen and oxygen atoms in total. The molecule has 27 heteroatoms. The van der Waals surface area contributed by atoms with Gasteiger partial charge in [0.05, 0.1) is 91.9 Å². The minimum atomic E-state index is -0.734. The Hall–Kier alpha value is -12.5. The normalized spacial score (nSPS) is 22.9. The number of piperidine rings is 1. The molecular formula is C107H113F4N17O6. The second-order valence-corrected chi connectivity index (χ2v) is 39.3. The van der Waals surface area contributed by atoms with Crippen LogP contribution in [-0.2, 0) is 105 Å². The quantitative estimate of drug-likeness (QED) is 0.0829. The number of likely N-dealkylation sites (tertiary alicyclic amines) is 5. The molecule has 10 aliphatic heterocycles. The Bertz CT molecular complexity index is 6520. The van der Waals surface area contributed by atoms with Crippen LogP contribution in [0, 0.1) is 29.2 Å². The first-order valence-corrected chi connectivity index (χ1v) is 47.5. The van der Waals surface area contributed by atoms with Crippen molar-refractivity contribution in [1.82, 2.24) is 63.6 Å². The molecule has 14 heterocycles. The van der Waals surface area contributed by atoms with Gasteiger partial charge in [-0.1, -0.05) is 141 Å². The Morgan fingerprint density at radius 2 is 0.642 bits per heavy atom. The number of halogens is 4. The van der Waals surface area contributed by atoms with E-state index in [4.69, 9.17) is 4.74 Å². The van der Waals surface area contributed by atoms with Gasteiger partial charge in [-0.25, -0.2) is 17.6 Å². The zero-order valence-electron chi connectivity index (χ0n) is 76.7. The average molecular weight is 1810 g/mol. The van der Waals surface area contributed by atoms with Gasteiger partial charge in [-0.15, -0.1) is 0 Å². The predicted molar refractivity (Wildman–Crippen MR) is 506 cm³/mol. The van der Waals surface area contributed by atoms with E-state index in [1.54, 1.807) is 89.7 Å². The largest absolute Gasteiger partial charge is 0.378 e. The van der Waals surface area contributed by atoms with Crippen LogP contribution in [0.25, 0.3) is 44.5 Å². The van der Waals surface area contributed by atoms with E-state index in [2.05, 4.69) is 65.2 Å². The molecule has 134 heavy (non-hydrogen) atoms. The lowest BCUT2D eigenvalue weighted by atomic mass is 9.80. The summed E-state index contributed by atoms with van der Waals surface area (Å²) < 4.78 is 72.8. The van der Waals surface area contributed by atoms with Gasteiger partial charge in [-0.3, -0.25) is 57.4 Å². The highest BCUT2D eigenvalue weighted by Crippen LogP contribution is 2.54. The molecule has 4 aromatic heterocycles. The maximum Gasteiger partial charge on any atom is 0.239 e. The van der Waals surface area contributed by atoms with Crippen LogP contribution in [0.2, 0.25) is 0 Å². The Labute approximate surface area is 778 Å². The van der Waals surface area contributed by atoms with E-state index in [0.29, 0.717) is 66.4 Å². The molecule has 5 amide bonds. The predicted octanol–water partition coefficient (Wildman–Crippen LogP) is 15.6. The Morgan fingerprint density at radius 1 is 0.343 bits per heavy atom. The van der Waals surface area contributed by atoms with E-state index in [1.807, 2.05) is 171 Å². The van der Waals surface area contributed by atoms with Gasteiger partial charge in [-0.05, 0) is 190 Å². The van der Waals surface area contributed by atoms with E-state index >= 15 is 17.6 Å². The van der Waals surface area contributed by atoms with Crippen LogP contribution in [0.5, 0.6) is 0 Å². The summed E-state index contributed by atoms with van der Waals surface area (Å²) in [6.45, 7) is 10.6. The highest BCUT2D eigenvalue weighted by molar-refractivity contribution is 6.11. The van der Waals surface area contributed by atoms with Crippen molar-refractivity contribution < 1.29 is 46.3 Å². The maximum absolute atomic E-state index is 15.2. The molecule has 2 aliphatic carbocycles. The van der Waals surface area contributed by atoms with Crippen LogP contribution in [0.1, 0.15) is 128 Å². The van der Waals surface area contributed by atoms with Crippen molar-refractivity contribution in [2.75, 3.05) is 105 Å². The molecule has 690 valence electrons. The summed E-state index contributed by atoms with van der Waals surface area (Å²) in [5.74, 6) is -0.652. The van der Waals surface area contributed by atoms with Gasteiger partial charge in [0.25, 0.3) is 0 Å². The van der Waals surface area contributed by atoms with Crippen molar-refractivity contribution in [2.45, 2.75) is 149 Å². The molecule has 0 bridgehead atoms. The lowest BCUT2D eigenvalue weighted by Crippen LogP contribution is -2.50. The average Bonchev–Trinajstić information content (AvgIpc) is 1.57. The number of ether oxygens (including phenoxy) is 1. The molecule has 0 N–H and O–H groups in total. The number of rotatable bonds is 16. The fourth-order valence-electron chi connectivity index (χ4n) is 23.4. The number of hydrogen-bond donors (Lipinski definition) is 0. The number of aryl methyl sites for hydroxylation is 4. The van der Waals surface area contributed by atoms with Crippen molar-refractivity contribution in [3.05, 3.63) is 287 Å². The highest BCUT2D eigenvalue weighted by atomic mass is 19.1. The molecule has 24 rings (SSSR count). The minimum absolute atomic E-state index is 0.0339. The minimum Gasteiger partial charge on any atom is -0.378 e. The van der Waals surface area contributed by atoms with Crippen LogP contribution in [0.4, 0.5) is 40.3 Å². The van der Waals surface area contributed by atoms with E-state index in [-0.39, 0.29) is 84.9 Å². The lowest BCUT2D eigenvalue weighted by Gasteiger charge is -2.35. The number of carbonyl (C=O) groups excluding carboxylic acids is 5. The number of nitrogens with zero attached hydrogens (tertiary/aromatic N) is 17. The number of carbonyl (C=O) groups is 5. The van der Waals surface area contributed by atoms with E-state index in [0.717, 1.165) is 200 Å². The molecule has 12 aliphatic rings. The van der Waals surface area contributed by atoms with Crippen molar-refractivity contribution in [3.8, 4) is 44.5 Å². The summed E-state index contributed by atoms with van der Waals surface area (Å²) in [4.78, 5) is 87.3. The highest BCUT2D eigenvalue weighted by Gasteiger charge is 2.60. The Morgan fingerprint density at radius 3 is 0.925 bits per heavy atom. The van der Waals surface area contributed by atoms with Gasteiger partial charge < -0.3 is 34.1 Å². The molecule has 4 unspecified atom stereocenters. The number of benzene rings is 8. The molecule has 12 aromatic rings. The van der Waals surface area contributed by atoms with Crippen LogP contribution < -0.4 is 19.6 Å². The van der Waals surface area contributed by atoms with Gasteiger partial charge >= 0.3 is 0 Å². The molecule has 2 saturated carbocycles. The number of para-hydroxylation sites is 4. The van der Waals surface area contributed by atoms with E-state index < -0.39 is 21.7 Å². The fraction of sp³-hybridized carbons (Fsp3) is 0.393. The Balaban J connectivity index is 0.000000107. The summed E-state index contributed by atoms with van der Waals surface area (Å²) in [7, 11) is 9.53. The summed E-state index contributed by atoms with van der Waals surface area (Å²) in [6.07, 6.45) is 27.8. The number of hydrogen-bond acceptors (Lipinski definition) is 14. The Kier molecular flexibility index (Phi) is 23.5. The molecule has 0 radical (unpaired) electrons. The van der Waals surface area contributed by atoms with Crippen LogP contribution in [0.15, 0.2) is 219 Å². The molecule has 6 saturated heterocycles. The van der Waals surface area contributed by atoms with Crippen molar-refractivity contribution >= 4 is 52.3 Å². The van der Waals surface area contributed by atoms with E-state index in [1.165, 1.54) is 37.8 Å². The zero-order chi connectivity index (χ0) is 92.1. The van der Waals surface area contributed by atoms with Crippen molar-refractivity contribution in [3.63, 3.8) is 0 Å². The number of fused-ring (bicyclic) bond motifs is 8. The zero-order valence-corrected chi connectivity index (χ0v) is 76.7. The first-order chi connectivity index (χ1) is 65.0. The molecule has 4 spiro atoms. The topological polar surface area (TPSA) is 195 Å². The number of amides is 5. The van der Waals surface area contributed by atoms with Gasteiger partial charge in [0, 0.05) is 178 Å². The second-order valence-electron chi connectivity index (χ2n) is 39.3. The van der Waals surface area contributed by atoms with E-state index in [9.17, 15) is 24.0 Å². The van der Waals surface area contributed by atoms with Crippen LogP contribution >= 0.6 is 0 Å². The lowest BCUT2D eigenvalue weighted by molar-refractivity contribution is -0.137. The summed E-state index contributed by atoms with van der Waals surface area (Å²) in [5, 5.41) is 16.7. The maximum atomic E-state index is 15.2. The number of aromatic nitrogens is 8. The SMILES string of the molecule is CN1CCC(N2CCC3(C2)C(=O)N(Cc2ccc(-c4cnn(C)c4)cc2F)c2ccccc23)CC1.Cn1cc(-c2ccc(CN3C(=O)C4(CCN(C(=O)C5CCC5)C4)c4ccccc43)c(F)c2)cn1.Cn1cc(-c2ccc(CN3C(=O)C4(CCN(C5CCCC5)C4)c4ccccc43)c(F)c2)cn1.Cn1cc(-c2ccc(CN3C(=O)C4(CCN(C5COC5)C4)c4ccccc43)c(F)c2)cn1. The molecular weight excluding hydrogens is 1700 g/mol.